The summed E-state index contributed by atoms with van der Waals surface area (Å²) in [4.78, 5) is 0. The van der Waals surface area contributed by atoms with Gasteiger partial charge >= 0.3 is 0 Å². The molecule has 0 aromatic rings. The molecule has 0 aromatic heterocycles. The Labute approximate surface area is 83.0 Å². The third kappa shape index (κ3) is 18.7. The van der Waals surface area contributed by atoms with Crippen LogP contribution in [0, 0.1) is 5.92 Å². The van der Waals surface area contributed by atoms with Crippen LogP contribution in [-0.4, -0.2) is 22.9 Å². The maximum atomic E-state index is 8.75. The van der Waals surface area contributed by atoms with Crippen LogP contribution in [0.4, 0.5) is 0 Å². The second kappa shape index (κ2) is 11.9. The summed E-state index contributed by atoms with van der Waals surface area (Å²) in [5.74, 6) is 0.560. The maximum Gasteiger partial charge on any atom is 0.0483 e. The minimum Gasteiger partial charge on any atom is -0.396 e. The molecule has 2 nitrogen and oxygen atoms in total. The average Bonchev–Trinajstić information content (AvgIpc) is 2.06. The Hall–Kier alpha value is -0.0800. The molecule has 2 heteroatoms. The van der Waals surface area contributed by atoms with Crippen molar-refractivity contribution in [1.29, 1.82) is 0 Å². The lowest BCUT2D eigenvalue weighted by Crippen LogP contribution is -2.03. The van der Waals surface area contributed by atoms with Crippen molar-refractivity contribution in [2.24, 2.45) is 5.92 Å². The van der Waals surface area contributed by atoms with Crippen LogP contribution in [0.5, 0.6) is 0 Å². The predicted molar refractivity (Wildman–Crippen MR) is 57.7 cm³/mol. The predicted octanol–water partition coefficient (Wildman–Crippen LogP) is 2.58. The van der Waals surface area contributed by atoms with Crippen LogP contribution in [0.25, 0.3) is 0 Å². The number of aliphatic hydroxyl groups is 2. The largest absolute Gasteiger partial charge is 0.396 e. The summed E-state index contributed by atoms with van der Waals surface area (Å²) < 4.78 is 0. The molecule has 0 spiro atoms. The first-order valence-corrected chi connectivity index (χ1v) is 5.37. The van der Waals surface area contributed by atoms with Crippen LogP contribution >= 0.6 is 0 Å². The van der Waals surface area contributed by atoms with Gasteiger partial charge in [0.1, 0.15) is 0 Å². The SMILES string of the molecule is CC(C)O.CCCCC(CC)CO. The van der Waals surface area contributed by atoms with Gasteiger partial charge in [-0.05, 0) is 26.2 Å². The van der Waals surface area contributed by atoms with E-state index >= 15 is 0 Å². The molecule has 0 aliphatic rings. The van der Waals surface area contributed by atoms with Crippen molar-refractivity contribution in [3.63, 3.8) is 0 Å². The summed E-state index contributed by atoms with van der Waals surface area (Å²) >= 11 is 0. The molecule has 0 aliphatic carbocycles. The molecule has 13 heavy (non-hydrogen) atoms. The lowest BCUT2D eigenvalue weighted by atomic mass is 10.0. The van der Waals surface area contributed by atoms with Crippen molar-refractivity contribution < 1.29 is 10.2 Å². The number of hydrogen-bond donors (Lipinski definition) is 2. The quantitative estimate of drug-likeness (QED) is 0.699. The smallest absolute Gasteiger partial charge is 0.0483 e. The van der Waals surface area contributed by atoms with E-state index in [9.17, 15) is 0 Å². The summed E-state index contributed by atoms with van der Waals surface area (Å²) in [6.07, 6.45) is 4.66. The van der Waals surface area contributed by atoms with Gasteiger partial charge in [-0.25, -0.2) is 0 Å². The highest BCUT2D eigenvalue weighted by Crippen LogP contribution is 2.10. The second-order valence-electron chi connectivity index (χ2n) is 3.69. The average molecular weight is 190 g/mol. The van der Waals surface area contributed by atoms with Crippen molar-refractivity contribution in [2.45, 2.75) is 59.5 Å². The van der Waals surface area contributed by atoms with E-state index < -0.39 is 0 Å². The zero-order chi connectivity index (χ0) is 10.7. The van der Waals surface area contributed by atoms with Gasteiger partial charge in [-0.1, -0.05) is 33.1 Å². The molecule has 0 saturated carbocycles. The topological polar surface area (TPSA) is 40.5 Å². The van der Waals surface area contributed by atoms with Crippen molar-refractivity contribution in [3.05, 3.63) is 0 Å². The minimum atomic E-state index is -0.167. The van der Waals surface area contributed by atoms with Crippen LogP contribution < -0.4 is 0 Å². The monoisotopic (exact) mass is 190 g/mol. The fraction of sp³-hybridized carbons (Fsp3) is 1.00. The highest BCUT2D eigenvalue weighted by atomic mass is 16.3. The molecule has 0 rings (SSSR count). The van der Waals surface area contributed by atoms with E-state index in [0.29, 0.717) is 12.5 Å². The minimum absolute atomic E-state index is 0.167. The van der Waals surface area contributed by atoms with Gasteiger partial charge in [0, 0.05) is 12.7 Å². The Kier molecular flexibility index (Phi) is 14.1. The third-order valence-electron chi connectivity index (χ3n) is 1.80. The summed E-state index contributed by atoms with van der Waals surface area (Å²) in [6, 6.07) is 0. The van der Waals surface area contributed by atoms with Crippen molar-refractivity contribution in [1.82, 2.24) is 0 Å². The highest BCUT2D eigenvalue weighted by molar-refractivity contribution is 4.53. The zero-order valence-electron chi connectivity index (χ0n) is 9.58. The van der Waals surface area contributed by atoms with Gasteiger partial charge in [-0.3, -0.25) is 0 Å². The molecule has 0 fully saturated rings. The highest BCUT2D eigenvalue weighted by Gasteiger charge is 2.01. The molecular formula is C11H26O2. The third-order valence-corrected chi connectivity index (χ3v) is 1.80. The summed E-state index contributed by atoms with van der Waals surface area (Å²) in [5.41, 5.74) is 0. The van der Waals surface area contributed by atoms with E-state index in [1.165, 1.54) is 19.3 Å². The number of unbranched alkanes of at least 4 members (excludes halogenated alkanes) is 1. The van der Waals surface area contributed by atoms with Gasteiger partial charge in [-0.15, -0.1) is 0 Å². The fourth-order valence-corrected chi connectivity index (χ4v) is 0.917. The lowest BCUT2D eigenvalue weighted by Gasteiger charge is -2.08. The van der Waals surface area contributed by atoms with Gasteiger partial charge in [0.2, 0.25) is 0 Å². The Bertz CT molecular complexity index is 75.4. The molecule has 0 amide bonds. The van der Waals surface area contributed by atoms with Crippen LogP contribution in [0.3, 0.4) is 0 Å². The molecule has 2 N–H and O–H groups in total. The molecule has 0 aromatic carbocycles. The summed E-state index contributed by atoms with van der Waals surface area (Å²) in [5, 5.41) is 16.8. The van der Waals surface area contributed by atoms with Crippen LogP contribution in [0.1, 0.15) is 53.4 Å². The number of hydrogen-bond acceptors (Lipinski definition) is 2. The number of aliphatic hydroxyl groups excluding tert-OH is 2. The Balaban J connectivity index is 0. The first-order chi connectivity index (χ1) is 6.08. The summed E-state index contributed by atoms with van der Waals surface area (Å²) in [6.45, 7) is 8.14. The van der Waals surface area contributed by atoms with Gasteiger partial charge in [0.25, 0.3) is 0 Å². The van der Waals surface area contributed by atoms with Gasteiger partial charge in [0.05, 0.1) is 0 Å². The van der Waals surface area contributed by atoms with E-state index in [1.54, 1.807) is 13.8 Å². The maximum absolute atomic E-state index is 8.75. The molecule has 1 atom stereocenters. The molecule has 82 valence electrons. The number of rotatable bonds is 5. The van der Waals surface area contributed by atoms with E-state index in [1.807, 2.05) is 0 Å². The van der Waals surface area contributed by atoms with Crippen molar-refractivity contribution in [3.8, 4) is 0 Å². The van der Waals surface area contributed by atoms with Crippen LogP contribution in [0.2, 0.25) is 0 Å². The van der Waals surface area contributed by atoms with Crippen molar-refractivity contribution >= 4 is 0 Å². The normalized spacial score (nSPS) is 12.2. The molecular weight excluding hydrogens is 164 g/mol. The fourth-order valence-electron chi connectivity index (χ4n) is 0.917. The molecule has 0 bridgehead atoms. The van der Waals surface area contributed by atoms with Crippen molar-refractivity contribution in [2.75, 3.05) is 6.61 Å². The first kappa shape index (κ1) is 15.4. The second-order valence-corrected chi connectivity index (χ2v) is 3.69. The van der Waals surface area contributed by atoms with Gasteiger partial charge < -0.3 is 10.2 Å². The Morgan fingerprint density at radius 2 is 1.62 bits per heavy atom. The van der Waals surface area contributed by atoms with E-state index in [-0.39, 0.29) is 6.10 Å². The zero-order valence-corrected chi connectivity index (χ0v) is 9.58. The molecule has 1 unspecified atom stereocenters. The standard InChI is InChI=1S/C8H18O.C3H8O/c1-3-5-6-8(4-2)7-9;1-3(2)4/h8-9H,3-7H2,1-2H3;3-4H,1-2H3. The van der Waals surface area contributed by atoms with Gasteiger partial charge in [-0.2, -0.15) is 0 Å². The molecule has 0 aliphatic heterocycles. The van der Waals surface area contributed by atoms with E-state index in [2.05, 4.69) is 13.8 Å². The van der Waals surface area contributed by atoms with Crippen LogP contribution in [0.15, 0.2) is 0 Å². The molecule has 0 heterocycles. The van der Waals surface area contributed by atoms with Gasteiger partial charge in [0.15, 0.2) is 0 Å². The van der Waals surface area contributed by atoms with E-state index in [0.717, 1.165) is 6.42 Å². The first-order valence-electron chi connectivity index (χ1n) is 5.37. The molecule has 0 saturated heterocycles. The molecule has 0 radical (unpaired) electrons. The summed E-state index contributed by atoms with van der Waals surface area (Å²) in [7, 11) is 0. The Morgan fingerprint density at radius 3 is 1.85 bits per heavy atom. The van der Waals surface area contributed by atoms with E-state index in [4.69, 9.17) is 10.2 Å². The van der Waals surface area contributed by atoms with Crippen LogP contribution in [-0.2, 0) is 0 Å². The Morgan fingerprint density at radius 1 is 1.15 bits per heavy atom. The lowest BCUT2D eigenvalue weighted by molar-refractivity contribution is 0.212.